The summed E-state index contributed by atoms with van der Waals surface area (Å²) in [6, 6.07) is 49.4. The van der Waals surface area contributed by atoms with Gasteiger partial charge in [0.2, 0.25) is 16.4 Å². The topological polar surface area (TPSA) is 272 Å². The fourth-order valence-corrected chi connectivity index (χ4v) is 12.7. The molecule has 7 aromatic carbocycles. The number of halogens is 3. The Morgan fingerprint density at radius 2 is 0.793 bits per heavy atom. The van der Waals surface area contributed by atoms with E-state index in [1.54, 1.807) is 156 Å². The van der Waals surface area contributed by atoms with Crippen LogP contribution in [0.15, 0.2) is 212 Å². The van der Waals surface area contributed by atoms with Gasteiger partial charge in [-0.05, 0) is 118 Å². The van der Waals surface area contributed by atoms with Gasteiger partial charge in [0.05, 0.1) is 14.7 Å². The fourth-order valence-electron chi connectivity index (χ4n) is 6.59. The number of methoxy groups -OCH3 is 2. The molecule has 0 aliphatic rings. The van der Waals surface area contributed by atoms with E-state index in [-0.39, 0.29) is 26.0 Å². The van der Waals surface area contributed by atoms with Gasteiger partial charge < -0.3 is 34.2 Å². The van der Waals surface area contributed by atoms with Crippen LogP contribution in [0.4, 0.5) is 0 Å². The zero-order chi connectivity index (χ0) is 65.7. The van der Waals surface area contributed by atoms with Crippen LogP contribution in [0.2, 0.25) is 0 Å². The minimum absolute atomic E-state index is 0.111. The van der Waals surface area contributed by atoms with Crippen molar-refractivity contribution in [3.05, 3.63) is 195 Å². The van der Waals surface area contributed by atoms with E-state index in [9.17, 15) is 33.7 Å². The average Bonchev–Trinajstić information content (AvgIpc) is 2.61. The Bertz CT molecular complexity index is 3790. The van der Waals surface area contributed by atoms with Crippen LogP contribution < -0.4 is 10.6 Å². The van der Waals surface area contributed by atoms with Crippen LogP contribution in [0.3, 0.4) is 0 Å². The zero-order valence-electron chi connectivity index (χ0n) is 50.2. The number of hydrogen-bond donors (Lipinski definition) is 3. The number of sulfonamides is 4. The van der Waals surface area contributed by atoms with Gasteiger partial charge >= 0.3 is 7.12 Å². The van der Waals surface area contributed by atoms with Crippen molar-refractivity contribution in [3.63, 3.8) is 0 Å². The first-order valence-electron chi connectivity index (χ1n) is 25.7. The van der Waals surface area contributed by atoms with E-state index in [2.05, 4.69) is 61.0 Å². The molecule has 0 radical (unpaired) electrons. The third-order valence-electron chi connectivity index (χ3n) is 10.8. The van der Waals surface area contributed by atoms with E-state index >= 15 is 0 Å². The third-order valence-corrected chi connectivity index (χ3v) is 18.2. The van der Waals surface area contributed by atoms with Gasteiger partial charge in [0.15, 0.2) is 0 Å². The molecule has 87 heavy (non-hydrogen) atoms. The predicted molar refractivity (Wildman–Crippen MR) is 361 cm³/mol. The van der Waals surface area contributed by atoms with E-state index in [0.29, 0.717) is 25.5 Å². The maximum atomic E-state index is 12.4. The lowest BCUT2D eigenvalue weighted by Crippen LogP contribution is -2.30. The Hall–Kier alpha value is -5.99. The molecule has 470 valence electrons. The normalized spacial score (nSPS) is 11.4. The second-order valence-corrected chi connectivity index (χ2v) is 27.7. The number of primary sulfonamides is 1. The quantitative estimate of drug-likeness (QED) is 0.0252. The zero-order valence-corrected chi connectivity index (χ0v) is 58.2. The first-order valence-corrected chi connectivity index (χ1v) is 34.3. The molecular weight excluding hydrogens is 1390 g/mol. The van der Waals surface area contributed by atoms with Crippen molar-refractivity contribution in [2.24, 2.45) is 18.3 Å². The van der Waals surface area contributed by atoms with Crippen molar-refractivity contribution in [1.82, 2.24) is 19.6 Å². The molecule has 7 rings (SSSR count). The van der Waals surface area contributed by atoms with Crippen molar-refractivity contribution in [1.29, 1.82) is 0 Å². The van der Waals surface area contributed by atoms with E-state index in [0.717, 1.165) is 33.1 Å². The number of alkyl halides is 1. The molecule has 0 saturated carbocycles. The van der Waals surface area contributed by atoms with Crippen LogP contribution in [0, 0.1) is 13.8 Å². The lowest BCUT2D eigenvalue weighted by molar-refractivity contribution is -0.179. The second-order valence-electron chi connectivity index (χ2n) is 19.1. The molecule has 0 fully saturated rings. The van der Waals surface area contributed by atoms with Crippen LogP contribution in [-0.4, -0.2) is 166 Å². The molecule has 28 heteroatoms. The van der Waals surface area contributed by atoms with Crippen LogP contribution >= 0.6 is 47.8 Å². The second kappa shape index (κ2) is 37.8. The summed E-state index contributed by atoms with van der Waals surface area (Å²) in [5.74, 6) is 0. The summed E-state index contributed by atoms with van der Waals surface area (Å²) < 4.78 is 116. The maximum absolute atomic E-state index is 12.4. The highest BCUT2D eigenvalue weighted by Crippen LogP contribution is 2.30. The van der Waals surface area contributed by atoms with Crippen LogP contribution in [0.5, 0.6) is 0 Å². The number of ether oxygens (including phenoxy) is 2. The summed E-state index contributed by atoms with van der Waals surface area (Å²) in [7, 11) is 1.33. The van der Waals surface area contributed by atoms with Crippen molar-refractivity contribution < 1.29 is 53.2 Å². The lowest BCUT2D eigenvalue weighted by atomic mass is 9.80. The van der Waals surface area contributed by atoms with Crippen LogP contribution in [-0.2, 0) is 54.9 Å². The average molecular weight is 1470 g/mol. The Morgan fingerprint density at radius 1 is 0.483 bits per heavy atom. The summed E-state index contributed by atoms with van der Waals surface area (Å²) >= 11 is 9.64. The Morgan fingerprint density at radius 3 is 1.08 bits per heavy atom. The van der Waals surface area contributed by atoms with Crippen molar-refractivity contribution in [2.75, 3.05) is 70.6 Å². The number of nitrogens with zero attached hydrogens (tertiary/aromatic N) is 7. The molecule has 4 N–H and O–H groups in total. The maximum Gasteiger partial charge on any atom is 0.488 e. The van der Waals surface area contributed by atoms with Crippen molar-refractivity contribution in [2.45, 2.75) is 45.2 Å². The SMILES string of the molecule is CN(C)C=NS(=O)(=O)c1ccccc1-c1ccc(CBr)cc1.CN(C)C=NS(=O)(=O)c1ccccc1Br.COC(OC)N(C)C.Cc1ccc(-c2ccccc2S(=O)(=O)N=CN(C)C)cc1.Cc1ccc(B(O)O)cc1.NS(=O)(=O)c1ccccc1Br. The highest BCUT2D eigenvalue weighted by atomic mass is 79.9. The summed E-state index contributed by atoms with van der Waals surface area (Å²) in [6.07, 6.45) is 3.63. The Balaban J connectivity index is 0.000000369. The fraction of sp³-hybridized carbons (Fsp3) is 0.237. The number of aryl methyl sites for hydroxylation is 2. The molecule has 0 bridgehead atoms. The van der Waals surface area contributed by atoms with Gasteiger partial charge in [-0.25, -0.2) is 13.6 Å². The number of hydrogen-bond acceptors (Lipinski definition) is 13. The largest absolute Gasteiger partial charge is 0.488 e. The summed E-state index contributed by atoms with van der Waals surface area (Å²) in [6.45, 7) is 3.95. The summed E-state index contributed by atoms with van der Waals surface area (Å²) in [5, 5.41) is 23.0. The Kier molecular flexibility index (Phi) is 33.5. The molecule has 0 aromatic heterocycles. The minimum atomic E-state index is -3.73. The minimum Gasteiger partial charge on any atom is -0.423 e. The van der Waals surface area contributed by atoms with Crippen molar-refractivity contribution in [3.8, 4) is 22.3 Å². The van der Waals surface area contributed by atoms with Gasteiger partial charge in [0.25, 0.3) is 30.1 Å². The van der Waals surface area contributed by atoms with E-state index in [4.69, 9.17) is 24.7 Å². The van der Waals surface area contributed by atoms with Gasteiger partial charge in [0.1, 0.15) is 23.9 Å². The van der Waals surface area contributed by atoms with E-state index in [1.165, 1.54) is 31.1 Å². The molecule has 0 saturated heterocycles. The molecule has 0 aliphatic heterocycles. The molecule has 0 aliphatic carbocycles. The van der Waals surface area contributed by atoms with Gasteiger partial charge in [-0.2, -0.15) is 25.3 Å². The van der Waals surface area contributed by atoms with Crippen LogP contribution in [0.25, 0.3) is 22.3 Å². The molecule has 20 nitrogen and oxygen atoms in total. The van der Waals surface area contributed by atoms with E-state index < -0.39 is 47.2 Å². The first-order chi connectivity index (χ1) is 40.7. The predicted octanol–water partition coefficient (Wildman–Crippen LogP) is 9.09. The molecule has 7 aromatic rings. The van der Waals surface area contributed by atoms with Gasteiger partial charge in [-0.3, -0.25) is 4.90 Å². The van der Waals surface area contributed by atoms with E-state index in [1.807, 2.05) is 106 Å². The molecule has 0 heterocycles. The van der Waals surface area contributed by atoms with Crippen LogP contribution in [0.1, 0.15) is 16.7 Å². The van der Waals surface area contributed by atoms with Crippen molar-refractivity contribution >= 4 is 119 Å². The monoisotopic (exact) mass is 1460 g/mol. The summed E-state index contributed by atoms with van der Waals surface area (Å²) in [4.78, 5) is 7.28. The van der Waals surface area contributed by atoms with Gasteiger partial charge in [-0.1, -0.05) is 161 Å². The molecule has 0 atom stereocenters. The molecule has 0 amide bonds. The number of nitrogens with two attached hydrogens (primary N) is 1. The molecular formula is C59H74BBr3N8O12S4. The number of rotatable bonds is 17. The highest BCUT2D eigenvalue weighted by Gasteiger charge is 2.20. The smallest absolute Gasteiger partial charge is 0.423 e. The highest BCUT2D eigenvalue weighted by molar-refractivity contribution is 9.10. The van der Waals surface area contributed by atoms with Gasteiger partial charge in [0, 0.05) is 81.9 Å². The Labute approximate surface area is 539 Å². The number of benzene rings is 7. The summed E-state index contributed by atoms with van der Waals surface area (Å²) in [5.41, 5.74) is 6.94. The standard InChI is InChI=1S/C16H17BrN2O2S.C16H18N2O2S.C9H11BrN2O2S.C7H9BO2.C6H6BrNO2S.C5H13NO2/c1-19(2)12-18-22(20,21)16-6-4-3-5-15(16)14-9-7-13(11-17)8-10-14;1-13-8-10-14(11-9-13)15-6-4-5-7-16(15)21(19,20)17-12-18(2)3;1-12(2)7-11-15(13,14)9-6-4-3-5-8(9)10;1-6-2-4-7(5-3-6)8(9)10;7-5-3-1-2-4-6(5)11(8,9)10;1-6(2)5(7-3)8-4/h3-10,12H,11H2,1-2H3;4-12H,1-3H3;3-7H,1-2H3;2-5,9-10H,1H3;1-4H,(H2,8,9,10);5H,1-4H3. The third kappa shape index (κ3) is 27.9. The molecule has 0 spiro atoms. The first kappa shape index (κ1) is 77.1. The lowest BCUT2D eigenvalue weighted by Gasteiger charge is -2.19. The molecule has 0 unspecified atom stereocenters. The van der Waals surface area contributed by atoms with Gasteiger partial charge in [-0.15, -0.1) is 13.2 Å².